The summed E-state index contributed by atoms with van der Waals surface area (Å²) < 4.78 is 17.3. The van der Waals surface area contributed by atoms with Gasteiger partial charge in [-0.1, -0.05) is 12.1 Å². The highest BCUT2D eigenvalue weighted by Crippen LogP contribution is 2.25. The van der Waals surface area contributed by atoms with Gasteiger partial charge in [0.15, 0.2) is 0 Å². The summed E-state index contributed by atoms with van der Waals surface area (Å²) in [4.78, 5) is 0. The fourth-order valence-electron chi connectivity index (χ4n) is 2.34. The summed E-state index contributed by atoms with van der Waals surface area (Å²) in [5.74, 6) is 2.30. The monoisotopic (exact) mass is 267 g/mol. The van der Waals surface area contributed by atoms with E-state index in [0.29, 0.717) is 12.4 Å². The maximum atomic E-state index is 11.9. The van der Waals surface area contributed by atoms with Crippen molar-refractivity contribution in [2.45, 2.75) is 32.4 Å². The van der Waals surface area contributed by atoms with Gasteiger partial charge in [-0.25, -0.2) is 0 Å². The van der Waals surface area contributed by atoms with E-state index in [9.17, 15) is 4.21 Å². The predicted molar refractivity (Wildman–Crippen MR) is 75.4 cm³/mol. The van der Waals surface area contributed by atoms with Gasteiger partial charge in [0, 0.05) is 33.9 Å². The minimum absolute atomic E-state index is 0.0631. The Hall–Kier alpha value is -0.870. The molecule has 0 saturated carbocycles. The first-order chi connectivity index (χ1) is 8.50. The molecule has 2 rings (SSSR count). The highest BCUT2D eigenvalue weighted by atomic mass is 32.2. The van der Waals surface area contributed by atoms with Gasteiger partial charge in [0.2, 0.25) is 0 Å². The molecule has 1 aromatic rings. The number of hydrogen-bond donors (Lipinski definition) is 1. The number of ether oxygens (including phenoxy) is 1. The topological polar surface area (TPSA) is 38.3 Å². The van der Waals surface area contributed by atoms with Crippen molar-refractivity contribution >= 4 is 10.8 Å². The molecule has 2 atom stereocenters. The lowest BCUT2D eigenvalue weighted by atomic mass is 10.0. The lowest BCUT2D eigenvalue weighted by molar-refractivity contribution is 0.339. The van der Waals surface area contributed by atoms with Gasteiger partial charge >= 0.3 is 0 Å². The van der Waals surface area contributed by atoms with Gasteiger partial charge in [0.05, 0.1) is 6.61 Å². The van der Waals surface area contributed by atoms with E-state index in [2.05, 4.69) is 31.3 Å². The summed E-state index contributed by atoms with van der Waals surface area (Å²) in [5, 5.41) is 3.56. The normalized spacial score (nSPS) is 26.8. The van der Waals surface area contributed by atoms with E-state index in [4.69, 9.17) is 4.74 Å². The van der Waals surface area contributed by atoms with E-state index in [-0.39, 0.29) is 11.6 Å². The highest BCUT2D eigenvalue weighted by molar-refractivity contribution is 7.85. The number of hydrogen-bond acceptors (Lipinski definition) is 3. The van der Waals surface area contributed by atoms with Gasteiger partial charge < -0.3 is 10.1 Å². The molecule has 1 saturated heterocycles. The van der Waals surface area contributed by atoms with E-state index in [1.807, 2.05) is 19.1 Å². The molecule has 0 aliphatic carbocycles. The average Bonchev–Trinajstić information content (AvgIpc) is 2.27. The van der Waals surface area contributed by atoms with Crippen molar-refractivity contribution in [2.24, 2.45) is 0 Å². The Morgan fingerprint density at radius 2 is 2.06 bits per heavy atom. The van der Waals surface area contributed by atoms with Crippen molar-refractivity contribution in [1.82, 2.24) is 5.32 Å². The van der Waals surface area contributed by atoms with E-state index in [1.165, 1.54) is 5.56 Å². The third-order valence-electron chi connectivity index (χ3n) is 3.03. The predicted octanol–water partition coefficient (Wildman–Crippen LogP) is 2.26. The Morgan fingerprint density at radius 3 is 2.61 bits per heavy atom. The van der Waals surface area contributed by atoms with Gasteiger partial charge in [-0.05, 0) is 38.5 Å². The van der Waals surface area contributed by atoms with Crippen LogP contribution in [0, 0.1) is 0 Å². The second-order valence-electron chi connectivity index (χ2n) is 5.33. The van der Waals surface area contributed by atoms with Crippen LogP contribution >= 0.6 is 0 Å². The van der Waals surface area contributed by atoms with Gasteiger partial charge in [-0.15, -0.1) is 0 Å². The summed E-state index contributed by atoms with van der Waals surface area (Å²) in [6.45, 7) is 6.86. The molecule has 100 valence electrons. The molecule has 1 aliphatic heterocycles. The first-order valence-electron chi connectivity index (χ1n) is 6.35. The molecule has 0 amide bonds. The van der Waals surface area contributed by atoms with Crippen LogP contribution in [0.4, 0.5) is 0 Å². The molecular weight excluding hydrogens is 246 g/mol. The zero-order valence-corrected chi connectivity index (χ0v) is 12.0. The standard InChI is InChI=1S/C14H21NO2S/c1-4-17-12-7-5-11(6-8-12)13-9-18(16)10-14(2,3)15-13/h5-8,13,15H,4,9-10H2,1-3H3. The molecule has 0 radical (unpaired) electrons. The maximum Gasteiger partial charge on any atom is 0.119 e. The Bertz CT molecular complexity index is 428. The number of rotatable bonds is 3. The summed E-state index contributed by atoms with van der Waals surface area (Å²) in [6, 6.07) is 8.24. The van der Waals surface area contributed by atoms with Crippen LogP contribution in [-0.2, 0) is 10.8 Å². The lowest BCUT2D eigenvalue weighted by Crippen LogP contribution is -2.52. The largest absolute Gasteiger partial charge is 0.494 e. The lowest BCUT2D eigenvalue weighted by Gasteiger charge is -2.36. The zero-order valence-electron chi connectivity index (χ0n) is 11.2. The van der Waals surface area contributed by atoms with Crippen LogP contribution in [0.15, 0.2) is 24.3 Å². The smallest absolute Gasteiger partial charge is 0.119 e. The quantitative estimate of drug-likeness (QED) is 0.913. The Balaban J connectivity index is 2.13. The van der Waals surface area contributed by atoms with Crippen LogP contribution < -0.4 is 10.1 Å². The van der Waals surface area contributed by atoms with Crippen LogP contribution in [0.3, 0.4) is 0 Å². The van der Waals surface area contributed by atoms with Crippen LogP contribution in [0.2, 0.25) is 0 Å². The van der Waals surface area contributed by atoms with Gasteiger partial charge in [0.1, 0.15) is 5.75 Å². The Morgan fingerprint density at radius 1 is 1.39 bits per heavy atom. The van der Waals surface area contributed by atoms with Gasteiger partial charge in [-0.3, -0.25) is 4.21 Å². The molecule has 0 bridgehead atoms. The summed E-state index contributed by atoms with van der Waals surface area (Å²) in [7, 11) is -0.743. The van der Waals surface area contributed by atoms with Crippen molar-refractivity contribution < 1.29 is 8.95 Å². The first-order valence-corrected chi connectivity index (χ1v) is 7.84. The molecule has 1 N–H and O–H groups in total. The maximum absolute atomic E-state index is 11.9. The summed E-state index contributed by atoms with van der Waals surface area (Å²) in [6.07, 6.45) is 0. The van der Waals surface area contributed by atoms with Crippen molar-refractivity contribution in [2.75, 3.05) is 18.1 Å². The van der Waals surface area contributed by atoms with Crippen LogP contribution in [0.25, 0.3) is 0 Å². The Labute approximate surface area is 111 Å². The van der Waals surface area contributed by atoms with E-state index in [1.54, 1.807) is 0 Å². The van der Waals surface area contributed by atoms with E-state index >= 15 is 0 Å². The molecule has 1 heterocycles. The van der Waals surface area contributed by atoms with Crippen LogP contribution in [0.5, 0.6) is 5.75 Å². The second kappa shape index (κ2) is 5.41. The average molecular weight is 267 g/mol. The number of benzene rings is 1. The SMILES string of the molecule is CCOc1ccc(C2CS(=O)CC(C)(C)N2)cc1. The minimum atomic E-state index is -0.743. The highest BCUT2D eigenvalue weighted by Gasteiger charge is 2.31. The van der Waals surface area contributed by atoms with Gasteiger partial charge in [-0.2, -0.15) is 0 Å². The molecule has 3 nitrogen and oxygen atoms in total. The third kappa shape index (κ3) is 3.33. The van der Waals surface area contributed by atoms with Gasteiger partial charge in [0.25, 0.3) is 0 Å². The minimum Gasteiger partial charge on any atom is -0.494 e. The molecule has 1 aliphatic rings. The fraction of sp³-hybridized carbons (Fsp3) is 0.571. The molecule has 2 unspecified atom stereocenters. The fourth-order valence-corrected chi connectivity index (χ4v) is 4.00. The molecule has 0 aromatic heterocycles. The number of nitrogens with one attached hydrogen (secondary N) is 1. The molecule has 4 heteroatoms. The molecular formula is C14H21NO2S. The molecule has 1 fully saturated rings. The van der Waals surface area contributed by atoms with Crippen molar-refractivity contribution in [3.05, 3.63) is 29.8 Å². The van der Waals surface area contributed by atoms with E-state index in [0.717, 1.165) is 11.5 Å². The van der Waals surface area contributed by atoms with Crippen molar-refractivity contribution in [1.29, 1.82) is 0 Å². The van der Waals surface area contributed by atoms with Crippen molar-refractivity contribution in [3.8, 4) is 5.75 Å². The molecule has 1 aromatic carbocycles. The molecule has 18 heavy (non-hydrogen) atoms. The third-order valence-corrected chi connectivity index (χ3v) is 4.78. The summed E-state index contributed by atoms with van der Waals surface area (Å²) >= 11 is 0. The Kier molecular flexibility index (Phi) is 4.07. The first kappa shape index (κ1) is 13.6. The second-order valence-corrected chi connectivity index (χ2v) is 6.84. The summed E-state index contributed by atoms with van der Waals surface area (Å²) in [5.41, 5.74) is 1.12. The van der Waals surface area contributed by atoms with Crippen LogP contribution in [0.1, 0.15) is 32.4 Å². The van der Waals surface area contributed by atoms with Crippen molar-refractivity contribution in [3.63, 3.8) is 0 Å². The van der Waals surface area contributed by atoms with E-state index < -0.39 is 10.8 Å². The van der Waals surface area contributed by atoms with Crippen LogP contribution in [-0.4, -0.2) is 27.9 Å². The zero-order chi connectivity index (χ0) is 13.2. The molecule has 0 spiro atoms.